The average Bonchev–Trinajstić information content (AvgIpc) is 2.52. The van der Waals surface area contributed by atoms with E-state index in [1.54, 1.807) is 13.3 Å². The summed E-state index contributed by atoms with van der Waals surface area (Å²) in [6, 6.07) is 5.84. The first-order valence-corrected chi connectivity index (χ1v) is 7.17. The van der Waals surface area contributed by atoms with Gasteiger partial charge in [0.05, 0.1) is 24.0 Å². The third-order valence-electron chi connectivity index (χ3n) is 3.70. The zero-order valence-electron chi connectivity index (χ0n) is 11.9. The van der Waals surface area contributed by atoms with Crippen molar-refractivity contribution in [3.8, 4) is 5.75 Å². The Balaban J connectivity index is 2.17. The first-order valence-electron chi connectivity index (χ1n) is 6.79. The largest absolute Gasteiger partial charge is 0.495 e. The quantitative estimate of drug-likeness (QED) is 0.587. The highest BCUT2D eigenvalue weighted by molar-refractivity contribution is 6.31. The molecule has 4 nitrogen and oxygen atoms in total. The summed E-state index contributed by atoms with van der Waals surface area (Å²) < 4.78 is 5.39. The van der Waals surface area contributed by atoms with Gasteiger partial charge in [0.25, 0.3) is 0 Å². The smallest absolute Gasteiger partial charge is 0.166 e. The Morgan fingerprint density at radius 3 is 2.95 bits per heavy atom. The van der Waals surface area contributed by atoms with Crippen molar-refractivity contribution < 1.29 is 9.53 Å². The molecular formula is C16H15ClN2O2. The van der Waals surface area contributed by atoms with Gasteiger partial charge in [-0.3, -0.25) is 4.79 Å². The molecule has 3 rings (SSSR count). The van der Waals surface area contributed by atoms with E-state index in [4.69, 9.17) is 16.3 Å². The van der Waals surface area contributed by atoms with Crippen LogP contribution in [-0.4, -0.2) is 17.9 Å². The van der Waals surface area contributed by atoms with Crippen molar-refractivity contribution in [3.05, 3.63) is 46.2 Å². The Hall–Kier alpha value is -2.07. The summed E-state index contributed by atoms with van der Waals surface area (Å²) in [5.74, 6) is 0.794. The fourth-order valence-electron chi connectivity index (χ4n) is 2.59. The molecule has 0 fully saturated rings. The van der Waals surface area contributed by atoms with Gasteiger partial charge in [-0.05, 0) is 11.6 Å². The maximum absolute atomic E-state index is 12.1. The van der Waals surface area contributed by atoms with Gasteiger partial charge in [0.15, 0.2) is 5.78 Å². The SMILES string of the molecule is CCC(=O)c1cnc(Cl)c2c1Nc1c(cccc1OC)C2. The number of rotatable bonds is 3. The molecule has 108 valence electrons. The first kappa shape index (κ1) is 13.9. The highest BCUT2D eigenvalue weighted by Gasteiger charge is 2.25. The number of hydrogen-bond acceptors (Lipinski definition) is 4. The van der Waals surface area contributed by atoms with Gasteiger partial charge < -0.3 is 10.1 Å². The van der Waals surface area contributed by atoms with Crippen molar-refractivity contribution in [3.63, 3.8) is 0 Å². The van der Waals surface area contributed by atoms with E-state index >= 15 is 0 Å². The number of carbonyl (C=O) groups excluding carboxylic acids is 1. The van der Waals surface area contributed by atoms with Crippen molar-refractivity contribution in [2.24, 2.45) is 0 Å². The number of fused-ring (bicyclic) bond motifs is 2. The van der Waals surface area contributed by atoms with Gasteiger partial charge in [0.2, 0.25) is 0 Å². The van der Waals surface area contributed by atoms with Crippen LogP contribution >= 0.6 is 11.6 Å². The lowest BCUT2D eigenvalue weighted by Crippen LogP contribution is -2.14. The number of hydrogen-bond donors (Lipinski definition) is 1. The number of aromatic nitrogens is 1. The summed E-state index contributed by atoms with van der Waals surface area (Å²) in [7, 11) is 1.63. The second-order valence-corrected chi connectivity index (χ2v) is 5.25. The lowest BCUT2D eigenvalue weighted by atomic mass is 9.94. The maximum Gasteiger partial charge on any atom is 0.166 e. The molecule has 0 saturated heterocycles. The lowest BCUT2D eigenvalue weighted by molar-refractivity contribution is 0.0988. The fraction of sp³-hybridized carbons (Fsp3) is 0.250. The van der Waals surface area contributed by atoms with Gasteiger partial charge in [-0.25, -0.2) is 4.98 Å². The van der Waals surface area contributed by atoms with Crippen LogP contribution in [0, 0.1) is 0 Å². The summed E-state index contributed by atoms with van der Waals surface area (Å²) in [6.45, 7) is 1.83. The van der Waals surface area contributed by atoms with Crippen molar-refractivity contribution in [1.29, 1.82) is 0 Å². The molecule has 0 atom stereocenters. The molecule has 2 aromatic rings. The zero-order valence-corrected chi connectivity index (χ0v) is 12.6. The van der Waals surface area contributed by atoms with Crippen LogP contribution in [0.1, 0.15) is 34.8 Å². The minimum absolute atomic E-state index is 0.0428. The minimum atomic E-state index is 0.0428. The van der Waals surface area contributed by atoms with Gasteiger partial charge in [0.1, 0.15) is 10.9 Å². The number of Topliss-reactive ketones (excluding diaryl/α,β-unsaturated/α-hetero) is 1. The lowest BCUT2D eigenvalue weighted by Gasteiger charge is -2.25. The second kappa shape index (κ2) is 5.37. The Morgan fingerprint density at radius 1 is 1.43 bits per heavy atom. The van der Waals surface area contributed by atoms with Gasteiger partial charge >= 0.3 is 0 Å². The normalized spacial score (nSPS) is 12.1. The van der Waals surface area contributed by atoms with Crippen LogP contribution in [0.5, 0.6) is 5.75 Å². The molecule has 2 heterocycles. The first-order chi connectivity index (χ1) is 10.2. The van der Waals surface area contributed by atoms with E-state index in [1.165, 1.54) is 0 Å². The van der Waals surface area contributed by atoms with Crippen molar-refractivity contribution in [1.82, 2.24) is 4.98 Å². The molecule has 1 N–H and O–H groups in total. The second-order valence-electron chi connectivity index (χ2n) is 4.89. The van der Waals surface area contributed by atoms with Crippen LogP contribution in [0.15, 0.2) is 24.4 Å². The molecule has 5 heteroatoms. The Bertz CT molecular complexity index is 728. The number of benzene rings is 1. The molecule has 0 radical (unpaired) electrons. The number of methoxy groups -OCH3 is 1. The summed E-state index contributed by atoms with van der Waals surface area (Å²) in [4.78, 5) is 16.3. The van der Waals surface area contributed by atoms with E-state index in [-0.39, 0.29) is 5.78 Å². The van der Waals surface area contributed by atoms with Gasteiger partial charge in [-0.2, -0.15) is 0 Å². The van der Waals surface area contributed by atoms with E-state index in [1.807, 2.05) is 25.1 Å². The number of nitrogens with one attached hydrogen (secondary N) is 1. The molecule has 0 unspecified atom stereocenters. The summed E-state index contributed by atoms with van der Waals surface area (Å²) in [5, 5.41) is 3.74. The van der Waals surface area contributed by atoms with Crippen LogP contribution < -0.4 is 10.1 Å². The Morgan fingerprint density at radius 2 is 2.24 bits per heavy atom. The van der Waals surface area contributed by atoms with Gasteiger partial charge in [-0.15, -0.1) is 0 Å². The number of ether oxygens (including phenoxy) is 1. The molecule has 0 spiro atoms. The highest BCUT2D eigenvalue weighted by atomic mass is 35.5. The van der Waals surface area contributed by atoms with Gasteiger partial charge in [-0.1, -0.05) is 30.7 Å². The standard InChI is InChI=1S/C16H15ClN2O2/c1-3-12(20)11-8-18-16(17)10-7-9-5-4-6-13(21-2)14(9)19-15(10)11/h4-6,8,19H,3,7H2,1-2H3. The molecule has 1 aliphatic heterocycles. The zero-order chi connectivity index (χ0) is 15.0. The molecule has 0 aliphatic carbocycles. The van der Waals surface area contributed by atoms with Crippen LogP contribution in [0.25, 0.3) is 0 Å². The molecule has 1 aromatic carbocycles. The van der Waals surface area contributed by atoms with Crippen LogP contribution in [0.3, 0.4) is 0 Å². The summed E-state index contributed by atoms with van der Waals surface area (Å²) >= 11 is 6.21. The fourth-order valence-corrected chi connectivity index (χ4v) is 2.80. The molecule has 0 saturated carbocycles. The highest BCUT2D eigenvalue weighted by Crippen LogP contribution is 2.42. The Labute approximate surface area is 128 Å². The van der Waals surface area contributed by atoms with Crippen LogP contribution in [0.4, 0.5) is 11.4 Å². The number of carbonyl (C=O) groups is 1. The number of halogens is 1. The number of anilines is 2. The predicted molar refractivity (Wildman–Crippen MR) is 83.0 cm³/mol. The van der Waals surface area contributed by atoms with E-state index in [0.717, 1.165) is 28.3 Å². The van der Waals surface area contributed by atoms with E-state index in [9.17, 15) is 4.79 Å². The predicted octanol–water partition coefficient (Wildman–Crippen LogP) is 3.98. The van der Waals surface area contributed by atoms with Crippen LogP contribution in [-0.2, 0) is 6.42 Å². The third kappa shape index (κ3) is 2.25. The Kier molecular flexibility index (Phi) is 3.55. The average molecular weight is 303 g/mol. The van der Waals surface area contributed by atoms with Crippen molar-refractivity contribution in [2.75, 3.05) is 12.4 Å². The summed E-state index contributed by atoms with van der Waals surface area (Å²) in [6.07, 6.45) is 2.60. The third-order valence-corrected chi connectivity index (χ3v) is 4.02. The number of nitrogens with zero attached hydrogens (tertiary/aromatic N) is 1. The molecule has 1 aromatic heterocycles. The number of ketones is 1. The molecule has 0 bridgehead atoms. The van der Waals surface area contributed by atoms with E-state index in [2.05, 4.69) is 10.3 Å². The number of para-hydroxylation sites is 1. The summed E-state index contributed by atoms with van der Waals surface area (Å²) in [5.41, 5.74) is 4.15. The van der Waals surface area contributed by atoms with E-state index < -0.39 is 0 Å². The van der Waals surface area contributed by atoms with Crippen LogP contribution in [0.2, 0.25) is 5.15 Å². The minimum Gasteiger partial charge on any atom is -0.495 e. The maximum atomic E-state index is 12.1. The monoisotopic (exact) mass is 302 g/mol. The molecule has 1 aliphatic rings. The van der Waals surface area contributed by atoms with Crippen molar-refractivity contribution >= 4 is 28.8 Å². The topological polar surface area (TPSA) is 51.2 Å². The molecular weight excluding hydrogens is 288 g/mol. The number of pyridine rings is 1. The van der Waals surface area contributed by atoms with E-state index in [0.29, 0.717) is 23.6 Å². The molecule has 0 amide bonds. The van der Waals surface area contributed by atoms with Gasteiger partial charge in [0, 0.05) is 24.6 Å². The molecule has 21 heavy (non-hydrogen) atoms. The van der Waals surface area contributed by atoms with Crippen molar-refractivity contribution in [2.45, 2.75) is 19.8 Å².